The van der Waals surface area contributed by atoms with E-state index in [1.54, 1.807) is 0 Å². The average molecular weight is 445 g/mol. The second-order valence-electron chi connectivity index (χ2n) is 15.4. The van der Waals surface area contributed by atoms with Gasteiger partial charge in [0.15, 0.2) is 0 Å². The molecule has 5 rings (SSSR count). The van der Waals surface area contributed by atoms with Gasteiger partial charge in [-0.2, -0.15) is 0 Å². The minimum atomic E-state index is -0.507. The summed E-state index contributed by atoms with van der Waals surface area (Å²) in [5.41, 5.74) is 1.04. The Morgan fingerprint density at radius 3 is 2.00 bits per heavy atom. The van der Waals surface area contributed by atoms with Crippen LogP contribution < -0.4 is 0 Å². The van der Waals surface area contributed by atoms with Crippen molar-refractivity contribution in [2.75, 3.05) is 0 Å². The summed E-state index contributed by atoms with van der Waals surface area (Å²) in [7, 11) is 0. The quantitative estimate of drug-likeness (QED) is 0.414. The second kappa shape index (κ2) is 6.77. The van der Waals surface area contributed by atoms with Gasteiger partial charge in [0, 0.05) is 0 Å². The first-order valence-corrected chi connectivity index (χ1v) is 14.0. The van der Waals surface area contributed by atoms with Crippen LogP contribution in [0.25, 0.3) is 0 Å². The Bertz CT molecular complexity index is 771. The van der Waals surface area contributed by atoms with Crippen molar-refractivity contribution >= 4 is 0 Å². The number of aliphatic hydroxyl groups excluding tert-OH is 1. The molecule has 0 unspecified atom stereocenters. The van der Waals surface area contributed by atoms with E-state index in [0.29, 0.717) is 39.4 Å². The number of rotatable bonds is 0. The molecule has 0 heterocycles. The van der Waals surface area contributed by atoms with E-state index in [1.807, 2.05) is 0 Å². The fourth-order valence-corrected chi connectivity index (χ4v) is 11.6. The van der Waals surface area contributed by atoms with Gasteiger partial charge in [-0.1, -0.05) is 48.5 Å². The lowest BCUT2D eigenvalue weighted by molar-refractivity contribution is -0.264. The van der Waals surface area contributed by atoms with E-state index in [0.717, 1.165) is 24.7 Å². The summed E-state index contributed by atoms with van der Waals surface area (Å²) >= 11 is 0. The smallest absolute Gasteiger partial charge is 0.0648 e. The monoisotopic (exact) mass is 444 g/mol. The second-order valence-corrected chi connectivity index (χ2v) is 15.4. The first-order chi connectivity index (χ1) is 14.6. The van der Waals surface area contributed by atoms with Gasteiger partial charge >= 0.3 is 0 Å². The molecule has 2 nitrogen and oxygen atoms in total. The third-order valence-corrected chi connectivity index (χ3v) is 14.1. The average Bonchev–Trinajstić information content (AvgIpc) is 2.70. The van der Waals surface area contributed by atoms with E-state index in [2.05, 4.69) is 55.4 Å². The lowest BCUT2D eigenvalue weighted by atomic mass is 9.31. The summed E-state index contributed by atoms with van der Waals surface area (Å²) in [5, 5.41) is 22.2. The molecule has 0 aromatic rings. The normalized spacial score (nSPS) is 61.7. The molecule has 11 atom stereocenters. The molecule has 184 valence electrons. The Hall–Kier alpha value is -0.0800. The first kappa shape index (κ1) is 23.7. The fraction of sp³-hybridized carbons (Fsp3) is 1.00. The van der Waals surface area contributed by atoms with Crippen LogP contribution in [-0.4, -0.2) is 21.9 Å². The van der Waals surface area contributed by atoms with Crippen LogP contribution in [0.2, 0.25) is 0 Å². The van der Waals surface area contributed by atoms with Gasteiger partial charge in [-0.25, -0.2) is 0 Å². The Morgan fingerprint density at radius 1 is 0.656 bits per heavy atom. The Labute approximate surface area is 198 Å². The van der Waals surface area contributed by atoms with Crippen LogP contribution in [0.1, 0.15) is 120 Å². The minimum absolute atomic E-state index is 0.0355. The molecule has 32 heavy (non-hydrogen) atoms. The number of hydrogen-bond acceptors (Lipinski definition) is 2. The number of fused-ring (bicyclic) bond motifs is 7. The molecule has 0 radical (unpaired) electrons. The van der Waals surface area contributed by atoms with E-state index in [1.165, 1.54) is 51.4 Å². The Morgan fingerprint density at radius 2 is 1.31 bits per heavy atom. The van der Waals surface area contributed by atoms with E-state index in [4.69, 9.17) is 0 Å². The van der Waals surface area contributed by atoms with Gasteiger partial charge in [0.2, 0.25) is 0 Å². The van der Waals surface area contributed by atoms with Crippen molar-refractivity contribution in [1.82, 2.24) is 0 Å². The van der Waals surface area contributed by atoms with Crippen molar-refractivity contribution in [3.05, 3.63) is 0 Å². The van der Waals surface area contributed by atoms with Crippen LogP contribution in [0.5, 0.6) is 0 Å². The molecular weight excluding hydrogens is 392 g/mol. The fourth-order valence-electron chi connectivity index (χ4n) is 11.6. The van der Waals surface area contributed by atoms with E-state index < -0.39 is 5.60 Å². The number of aliphatic hydroxyl groups is 2. The zero-order valence-electron chi connectivity index (χ0n) is 22.4. The van der Waals surface area contributed by atoms with Gasteiger partial charge < -0.3 is 10.2 Å². The van der Waals surface area contributed by atoms with Crippen molar-refractivity contribution in [3.63, 3.8) is 0 Å². The van der Waals surface area contributed by atoms with Crippen molar-refractivity contribution < 1.29 is 10.2 Å². The SMILES string of the molecule is C[C@H]1[C@H]2[C@H]3CC[C@@H]4[C@@]5(C)CC[C@H](O)C(C)(C)[C@@H]5CC[C@@]4(C)[C@]3(C)CC[C@@]2(C)CC[C@@]1(C)O. The molecule has 0 aromatic heterocycles. The zero-order chi connectivity index (χ0) is 23.5. The van der Waals surface area contributed by atoms with Crippen LogP contribution in [0.15, 0.2) is 0 Å². The van der Waals surface area contributed by atoms with Crippen LogP contribution >= 0.6 is 0 Å². The van der Waals surface area contributed by atoms with Crippen molar-refractivity contribution in [1.29, 1.82) is 0 Å². The summed E-state index contributed by atoms with van der Waals surface area (Å²) < 4.78 is 0. The maximum absolute atomic E-state index is 11.3. The standard InChI is InChI=1S/C30H52O2/c1-19-24-20-9-10-22-27(5)13-12-23(31)25(2,3)21(27)11-14-29(22,7)28(20,6)17-15-26(24,4)16-18-30(19,8)32/h19-24,31-32H,9-18H2,1-8H3/t19-,20+,21-,22+,23-,24-,26-,27-,28+,29+,30+/m0/s1. The molecule has 0 bridgehead atoms. The van der Waals surface area contributed by atoms with Crippen LogP contribution in [0.3, 0.4) is 0 Å². The highest BCUT2D eigenvalue weighted by atomic mass is 16.3. The van der Waals surface area contributed by atoms with Gasteiger partial charge in [-0.15, -0.1) is 0 Å². The largest absolute Gasteiger partial charge is 0.393 e. The van der Waals surface area contributed by atoms with Crippen LogP contribution in [-0.2, 0) is 0 Å². The lowest BCUT2D eigenvalue weighted by Gasteiger charge is -2.74. The molecule has 0 aliphatic heterocycles. The molecule has 2 heteroatoms. The van der Waals surface area contributed by atoms with E-state index in [9.17, 15) is 10.2 Å². The van der Waals surface area contributed by atoms with Gasteiger partial charge in [0.05, 0.1) is 11.7 Å². The molecular formula is C30H52O2. The van der Waals surface area contributed by atoms with E-state index in [-0.39, 0.29) is 11.5 Å². The topological polar surface area (TPSA) is 40.5 Å². The molecule has 5 aliphatic carbocycles. The van der Waals surface area contributed by atoms with Crippen molar-refractivity contribution in [3.8, 4) is 0 Å². The van der Waals surface area contributed by atoms with Crippen molar-refractivity contribution in [2.45, 2.75) is 131 Å². The maximum Gasteiger partial charge on any atom is 0.0648 e. The zero-order valence-corrected chi connectivity index (χ0v) is 22.4. The molecule has 0 aromatic carbocycles. The Kier molecular flexibility index (Phi) is 5.01. The van der Waals surface area contributed by atoms with Crippen LogP contribution in [0.4, 0.5) is 0 Å². The van der Waals surface area contributed by atoms with Gasteiger partial charge in [0.1, 0.15) is 0 Å². The summed E-state index contributed by atoms with van der Waals surface area (Å²) in [4.78, 5) is 0. The number of hydrogen-bond donors (Lipinski definition) is 2. The highest BCUT2D eigenvalue weighted by molar-refractivity contribution is 5.19. The third kappa shape index (κ3) is 2.72. The summed E-state index contributed by atoms with van der Waals surface area (Å²) in [5.74, 6) is 3.19. The maximum atomic E-state index is 11.3. The molecule has 0 amide bonds. The van der Waals surface area contributed by atoms with Gasteiger partial charge in [-0.05, 0) is 128 Å². The Balaban J connectivity index is 1.54. The molecule has 0 saturated heterocycles. The molecule has 0 spiro atoms. The first-order valence-electron chi connectivity index (χ1n) is 14.0. The van der Waals surface area contributed by atoms with Crippen LogP contribution in [0, 0.1) is 56.7 Å². The van der Waals surface area contributed by atoms with Gasteiger partial charge in [-0.3, -0.25) is 0 Å². The minimum Gasteiger partial charge on any atom is -0.393 e. The third-order valence-electron chi connectivity index (χ3n) is 14.1. The van der Waals surface area contributed by atoms with Crippen molar-refractivity contribution in [2.24, 2.45) is 56.7 Å². The molecule has 5 aliphatic rings. The summed E-state index contributed by atoms with van der Waals surface area (Å²) in [6.07, 6.45) is 12.3. The highest BCUT2D eigenvalue weighted by Crippen LogP contribution is 2.77. The molecule has 5 saturated carbocycles. The predicted molar refractivity (Wildman–Crippen MR) is 132 cm³/mol. The summed E-state index contributed by atoms with van der Waals surface area (Å²) in [6.45, 7) is 19.8. The highest BCUT2D eigenvalue weighted by Gasteiger charge is 2.70. The predicted octanol–water partition coefficient (Wildman–Crippen LogP) is 7.22. The van der Waals surface area contributed by atoms with Gasteiger partial charge in [0.25, 0.3) is 0 Å². The lowest BCUT2D eigenvalue weighted by Crippen LogP contribution is -2.68. The molecule has 5 fully saturated rings. The summed E-state index contributed by atoms with van der Waals surface area (Å²) in [6, 6.07) is 0. The molecule has 2 N–H and O–H groups in total. The van der Waals surface area contributed by atoms with E-state index >= 15 is 0 Å².